The smallest absolute Gasteiger partial charge is 0.144 e. The summed E-state index contributed by atoms with van der Waals surface area (Å²) in [6.45, 7) is 3.81. The number of aromatic nitrogens is 2. The zero-order valence-corrected chi connectivity index (χ0v) is 13.7. The van der Waals surface area contributed by atoms with Gasteiger partial charge in [-0.2, -0.15) is 0 Å². The van der Waals surface area contributed by atoms with Crippen LogP contribution in [0.1, 0.15) is 11.5 Å². The molecule has 0 aliphatic carbocycles. The van der Waals surface area contributed by atoms with Gasteiger partial charge >= 0.3 is 0 Å². The summed E-state index contributed by atoms with van der Waals surface area (Å²) in [5.41, 5.74) is 3.60. The van der Waals surface area contributed by atoms with E-state index in [0.29, 0.717) is 0 Å². The largest absolute Gasteiger partial charge is 0.497 e. The molecule has 2 heterocycles. The van der Waals surface area contributed by atoms with Crippen molar-refractivity contribution in [3.63, 3.8) is 0 Å². The molecule has 0 amide bonds. The first-order valence-electron chi connectivity index (χ1n) is 6.75. The highest BCUT2D eigenvalue weighted by molar-refractivity contribution is 7.13. The van der Waals surface area contributed by atoms with Gasteiger partial charge in [0.25, 0.3) is 0 Å². The molecule has 0 aliphatic rings. The summed E-state index contributed by atoms with van der Waals surface area (Å²) in [7, 11) is 3.27. The molecule has 0 N–H and O–H groups in total. The Hall–Kier alpha value is -2.34. The van der Waals surface area contributed by atoms with Crippen LogP contribution in [0.4, 0.5) is 0 Å². The SMILES string of the molecule is COc1ccc(-c2csc(-c3c(C)noc3C)n2)c(OC)c1. The van der Waals surface area contributed by atoms with Crippen molar-refractivity contribution in [1.82, 2.24) is 10.1 Å². The summed E-state index contributed by atoms with van der Waals surface area (Å²) in [6, 6.07) is 5.70. The van der Waals surface area contributed by atoms with Crippen LogP contribution in [0.2, 0.25) is 0 Å². The highest BCUT2D eigenvalue weighted by atomic mass is 32.1. The van der Waals surface area contributed by atoms with Gasteiger partial charge in [0.15, 0.2) is 0 Å². The van der Waals surface area contributed by atoms with Gasteiger partial charge in [-0.25, -0.2) is 4.98 Å². The summed E-state index contributed by atoms with van der Waals surface area (Å²) in [5, 5.41) is 6.88. The summed E-state index contributed by atoms with van der Waals surface area (Å²) >= 11 is 1.56. The molecule has 0 unspecified atom stereocenters. The predicted molar refractivity (Wildman–Crippen MR) is 85.6 cm³/mol. The lowest BCUT2D eigenvalue weighted by Crippen LogP contribution is -1.90. The van der Waals surface area contributed by atoms with E-state index in [9.17, 15) is 0 Å². The summed E-state index contributed by atoms with van der Waals surface area (Å²) in [5.74, 6) is 2.26. The van der Waals surface area contributed by atoms with E-state index in [1.807, 2.05) is 37.4 Å². The molecule has 6 heteroatoms. The Kier molecular flexibility index (Phi) is 3.85. The first kappa shape index (κ1) is 14.6. The Balaban J connectivity index is 2.04. The highest BCUT2D eigenvalue weighted by Gasteiger charge is 2.17. The molecule has 0 radical (unpaired) electrons. The maximum atomic E-state index is 5.44. The van der Waals surface area contributed by atoms with Crippen LogP contribution in [0.3, 0.4) is 0 Å². The fraction of sp³-hybridized carbons (Fsp3) is 0.250. The molecule has 22 heavy (non-hydrogen) atoms. The number of thiazole rings is 1. The number of hydrogen-bond donors (Lipinski definition) is 0. The molecule has 0 fully saturated rings. The zero-order chi connectivity index (χ0) is 15.7. The quantitative estimate of drug-likeness (QED) is 0.725. The molecular formula is C16H16N2O3S. The number of rotatable bonds is 4. The molecule has 114 valence electrons. The van der Waals surface area contributed by atoms with Gasteiger partial charge in [-0.15, -0.1) is 11.3 Å². The third kappa shape index (κ3) is 2.46. The van der Waals surface area contributed by atoms with Crippen LogP contribution in [0.25, 0.3) is 21.8 Å². The summed E-state index contributed by atoms with van der Waals surface area (Å²) in [4.78, 5) is 4.71. The minimum atomic E-state index is 0.731. The maximum absolute atomic E-state index is 5.44. The topological polar surface area (TPSA) is 57.4 Å². The number of aryl methyl sites for hydroxylation is 2. The second-order valence-corrected chi connectivity index (χ2v) is 5.66. The molecule has 0 atom stereocenters. The van der Waals surface area contributed by atoms with E-state index in [4.69, 9.17) is 19.0 Å². The average Bonchev–Trinajstić information content (AvgIpc) is 3.13. The van der Waals surface area contributed by atoms with E-state index >= 15 is 0 Å². The van der Waals surface area contributed by atoms with Gasteiger partial charge in [0.2, 0.25) is 0 Å². The van der Waals surface area contributed by atoms with Crippen LogP contribution in [-0.2, 0) is 0 Å². The molecule has 3 rings (SSSR count). The van der Waals surface area contributed by atoms with Crippen molar-refractivity contribution in [2.75, 3.05) is 14.2 Å². The number of hydrogen-bond acceptors (Lipinski definition) is 6. The van der Waals surface area contributed by atoms with Crippen molar-refractivity contribution in [2.24, 2.45) is 0 Å². The van der Waals surface area contributed by atoms with E-state index in [1.54, 1.807) is 25.6 Å². The molecule has 2 aromatic heterocycles. The van der Waals surface area contributed by atoms with E-state index < -0.39 is 0 Å². The van der Waals surface area contributed by atoms with Crippen LogP contribution in [0.5, 0.6) is 11.5 Å². The van der Waals surface area contributed by atoms with E-state index in [2.05, 4.69) is 5.16 Å². The third-order valence-corrected chi connectivity index (χ3v) is 4.30. The number of ether oxygens (including phenoxy) is 2. The van der Waals surface area contributed by atoms with Crippen LogP contribution in [-0.4, -0.2) is 24.4 Å². The molecule has 0 saturated carbocycles. The van der Waals surface area contributed by atoms with Crippen LogP contribution in [0, 0.1) is 13.8 Å². The lowest BCUT2D eigenvalue weighted by molar-refractivity contribution is 0.393. The van der Waals surface area contributed by atoms with Gasteiger partial charge in [0.1, 0.15) is 22.3 Å². The van der Waals surface area contributed by atoms with Gasteiger partial charge in [-0.05, 0) is 26.0 Å². The first-order valence-corrected chi connectivity index (χ1v) is 7.63. The van der Waals surface area contributed by atoms with E-state index in [0.717, 1.165) is 44.8 Å². The van der Waals surface area contributed by atoms with Crippen molar-refractivity contribution in [3.05, 3.63) is 35.0 Å². The first-order chi connectivity index (χ1) is 10.6. The molecule has 5 nitrogen and oxygen atoms in total. The second kappa shape index (κ2) is 5.81. The molecule has 0 aliphatic heterocycles. The van der Waals surface area contributed by atoms with Crippen LogP contribution < -0.4 is 9.47 Å². The van der Waals surface area contributed by atoms with Gasteiger partial charge in [-0.3, -0.25) is 0 Å². The Bertz CT molecular complexity index is 788. The number of benzene rings is 1. The van der Waals surface area contributed by atoms with E-state index in [1.165, 1.54) is 0 Å². The lowest BCUT2D eigenvalue weighted by atomic mass is 10.1. The van der Waals surface area contributed by atoms with Crippen LogP contribution >= 0.6 is 11.3 Å². The highest BCUT2D eigenvalue weighted by Crippen LogP contribution is 2.37. The van der Waals surface area contributed by atoms with Crippen molar-refractivity contribution < 1.29 is 14.0 Å². The molecule has 0 spiro atoms. The van der Waals surface area contributed by atoms with Crippen molar-refractivity contribution in [3.8, 4) is 33.3 Å². The molecule has 0 saturated heterocycles. The third-order valence-electron chi connectivity index (χ3n) is 3.44. The zero-order valence-electron chi connectivity index (χ0n) is 12.8. The predicted octanol–water partition coefficient (Wildman–Crippen LogP) is 4.10. The maximum Gasteiger partial charge on any atom is 0.144 e. The number of methoxy groups -OCH3 is 2. The van der Waals surface area contributed by atoms with E-state index in [-0.39, 0.29) is 0 Å². The van der Waals surface area contributed by atoms with Gasteiger partial charge in [-0.1, -0.05) is 5.16 Å². The fourth-order valence-electron chi connectivity index (χ4n) is 2.31. The Morgan fingerprint density at radius 1 is 1.14 bits per heavy atom. The summed E-state index contributed by atoms with van der Waals surface area (Å²) in [6.07, 6.45) is 0. The fourth-order valence-corrected chi connectivity index (χ4v) is 3.27. The molecule has 1 aromatic carbocycles. The number of nitrogens with zero attached hydrogens (tertiary/aromatic N) is 2. The van der Waals surface area contributed by atoms with Gasteiger partial charge in [0.05, 0.1) is 31.2 Å². The van der Waals surface area contributed by atoms with Gasteiger partial charge < -0.3 is 14.0 Å². The van der Waals surface area contributed by atoms with Crippen molar-refractivity contribution >= 4 is 11.3 Å². The Labute approximate surface area is 132 Å². The van der Waals surface area contributed by atoms with Crippen LogP contribution in [0.15, 0.2) is 28.1 Å². The minimum Gasteiger partial charge on any atom is -0.497 e. The van der Waals surface area contributed by atoms with Crippen molar-refractivity contribution in [2.45, 2.75) is 13.8 Å². The molecular weight excluding hydrogens is 300 g/mol. The molecule has 0 bridgehead atoms. The standard InChI is InChI=1S/C16H16N2O3S/c1-9-15(10(2)21-18-9)16-17-13(8-22-16)12-6-5-11(19-3)7-14(12)20-4/h5-8H,1-4H3. The van der Waals surface area contributed by atoms with Gasteiger partial charge in [0, 0.05) is 17.0 Å². The second-order valence-electron chi connectivity index (χ2n) is 4.80. The van der Waals surface area contributed by atoms with Crippen molar-refractivity contribution in [1.29, 1.82) is 0 Å². The minimum absolute atomic E-state index is 0.731. The monoisotopic (exact) mass is 316 g/mol. The normalized spacial score (nSPS) is 10.7. The summed E-state index contributed by atoms with van der Waals surface area (Å²) < 4.78 is 15.9. The Morgan fingerprint density at radius 2 is 1.95 bits per heavy atom. The lowest BCUT2D eigenvalue weighted by Gasteiger charge is -2.08. The molecule has 3 aromatic rings. The average molecular weight is 316 g/mol. The Morgan fingerprint density at radius 3 is 2.59 bits per heavy atom.